The largest absolute Gasteiger partial charge is 0.475 e. The second-order valence-corrected chi connectivity index (χ2v) is 7.25. The van der Waals surface area contributed by atoms with Gasteiger partial charge in [-0.15, -0.1) is 0 Å². The van der Waals surface area contributed by atoms with Crippen LogP contribution in [-0.4, -0.2) is 11.1 Å². The lowest BCUT2D eigenvalue weighted by Gasteiger charge is -2.20. The van der Waals surface area contributed by atoms with Crippen LogP contribution in [0.3, 0.4) is 0 Å². The summed E-state index contributed by atoms with van der Waals surface area (Å²) < 4.78 is 5.77. The number of furan rings is 1. The highest BCUT2D eigenvalue weighted by Gasteiger charge is 2.26. The van der Waals surface area contributed by atoms with Crippen LogP contribution in [-0.2, 0) is 11.8 Å². The van der Waals surface area contributed by atoms with Crippen molar-refractivity contribution in [1.29, 1.82) is 0 Å². The highest BCUT2D eigenvalue weighted by molar-refractivity contribution is 5.96. The number of aryl methyl sites for hydroxylation is 1. The van der Waals surface area contributed by atoms with Crippen LogP contribution in [0.2, 0.25) is 0 Å². The van der Waals surface area contributed by atoms with E-state index < -0.39 is 5.97 Å². The zero-order valence-corrected chi connectivity index (χ0v) is 13.7. The minimum atomic E-state index is -0.987. The van der Waals surface area contributed by atoms with Crippen molar-refractivity contribution in [2.75, 3.05) is 0 Å². The van der Waals surface area contributed by atoms with Gasteiger partial charge in [-0.3, -0.25) is 0 Å². The molecule has 0 atom stereocenters. The van der Waals surface area contributed by atoms with E-state index >= 15 is 0 Å². The first kappa shape index (κ1) is 15.6. The van der Waals surface area contributed by atoms with Crippen molar-refractivity contribution < 1.29 is 14.3 Å². The number of aromatic carboxylic acids is 1. The van der Waals surface area contributed by atoms with Crippen LogP contribution in [0.1, 0.15) is 61.9 Å². The van der Waals surface area contributed by atoms with Crippen molar-refractivity contribution in [3.05, 3.63) is 34.6 Å². The maximum absolute atomic E-state index is 11.5. The van der Waals surface area contributed by atoms with Gasteiger partial charge in [0.2, 0.25) is 5.76 Å². The first-order valence-corrected chi connectivity index (χ1v) is 7.41. The second kappa shape index (κ2) is 5.21. The molecule has 114 valence electrons. The van der Waals surface area contributed by atoms with E-state index in [1.807, 2.05) is 13.0 Å². The van der Waals surface area contributed by atoms with Gasteiger partial charge in [0.15, 0.2) is 0 Å². The van der Waals surface area contributed by atoms with Gasteiger partial charge in [0, 0.05) is 16.5 Å². The standard InChI is InChI=1S/C18H24O3/c1-10(2)7-12-13-8-11(3)9-14(18(4,5)6)15(13)21-16(12)17(19)20/h8-10H,7H2,1-6H3,(H,19,20). The van der Waals surface area contributed by atoms with Gasteiger partial charge in [0.25, 0.3) is 0 Å². The van der Waals surface area contributed by atoms with Crippen LogP contribution < -0.4 is 0 Å². The molecule has 0 saturated carbocycles. The molecule has 1 aromatic heterocycles. The first-order valence-electron chi connectivity index (χ1n) is 7.41. The number of carboxylic acids is 1. The minimum Gasteiger partial charge on any atom is -0.475 e. The lowest BCUT2D eigenvalue weighted by atomic mass is 9.84. The number of fused-ring (bicyclic) bond motifs is 1. The fraction of sp³-hybridized carbons (Fsp3) is 0.500. The second-order valence-electron chi connectivity index (χ2n) is 7.25. The number of rotatable bonds is 3. The van der Waals surface area contributed by atoms with Crippen molar-refractivity contribution >= 4 is 16.9 Å². The molecule has 0 aliphatic carbocycles. The van der Waals surface area contributed by atoms with E-state index in [9.17, 15) is 9.90 Å². The fourth-order valence-electron chi connectivity index (χ4n) is 2.73. The van der Waals surface area contributed by atoms with Crippen molar-refractivity contribution in [3.8, 4) is 0 Å². The quantitative estimate of drug-likeness (QED) is 0.870. The third-order valence-electron chi connectivity index (χ3n) is 3.65. The van der Waals surface area contributed by atoms with E-state index in [1.165, 1.54) is 0 Å². The Hall–Kier alpha value is -1.77. The van der Waals surface area contributed by atoms with Crippen LogP contribution in [0.15, 0.2) is 16.5 Å². The Morgan fingerprint density at radius 3 is 2.38 bits per heavy atom. The van der Waals surface area contributed by atoms with E-state index in [4.69, 9.17) is 4.42 Å². The first-order chi connectivity index (χ1) is 9.61. The molecule has 3 nitrogen and oxygen atoms in total. The van der Waals surface area contributed by atoms with Gasteiger partial charge < -0.3 is 9.52 Å². The normalized spacial score (nSPS) is 12.3. The summed E-state index contributed by atoms with van der Waals surface area (Å²) in [6, 6.07) is 4.13. The van der Waals surface area contributed by atoms with E-state index in [-0.39, 0.29) is 11.2 Å². The molecular weight excluding hydrogens is 264 g/mol. The van der Waals surface area contributed by atoms with E-state index in [2.05, 4.69) is 40.7 Å². The summed E-state index contributed by atoms with van der Waals surface area (Å²) in [5, 5.41) is 10.4. The molecule has 0 unspecified atom stereocenters. The molecule has 3 heteroatoms. The van der Waals surface area contributed by atoms with Gasteiger partial charge in [-0.1, -0.05) is 40.7 Å². The van der Waals surface area contributed by atoms with Crippen LogP contribution in [0.25, 0.3) is 11.0 Å². The lowest BCUT2D eigenvalue weighted by molar-refractivity contribution is 0.0663. The zero-order valence-electron chi connectivity index (χ0n) is 13.7. The molecule has 0 radical (unpaired) electrons. The maximum atomic E-state index is 11.5. The van der Waals surface area contributed by atoms with Crippen LogP contribution >= 0.6 is 0 Å². The summed E-state index contributed by atoms with van der Waals surface area (Å²) >= 11 is 0. The monoisotopic (exact) mass is 288 g/mol. The van der Waals surface area contributed by atoms with Crippen molar-refractivity contribution in [3.63, 3.8) is 0 Å². The average molecular weight is 288 g/mol. The lowest BCUT2D eigenvalue weighted by Crippen LogP contribution is -2.11. The van der Waals surface area contributed by atoms with Gasteiger partial charge in [-0.25, -0.2) is 4.79 Å². The molecule has 0 amide bonds. The molecule has 1 heterocycles. The van der Waals surface area contributed by atoms with Gasteiger partial charge in [0.05, 0.1) is 0 Å². The minimum absolute atomic E-state index is 0.0903. The van der Waals surface area contributed by atoms with Crippen LogP contribution in [0.5, 0.6) is 0 Å². The highest BCUT2D eigenvalue weighted by Crippen LogP contribution is 2.36. The Morgan fingerprint density at radius 1 is 1.29 bits per heavy atom. The number of carbonyl (C=O) groups is 1. The Balaban J connectivity index is 2.84. The third kappa shape index (κ3) is 2.97. The van der Waals surface area contributed by atoms with Crippen LogP contribution in [0.4, 0.5) is 0 Å². The smallest absolute Gasteiger partial charge is 0.372 e. The topological polar surface area (TPSA) is 50.4 Å². The number of benzene rings is 1. The van der Waals surface area contributed by atoms with E-state index in [0.717, 1.165) is 27.7 Å². The molecule has 21 heavy (non-hydrogen) atoms. The predicted octanol–water partition coefficient (Wildman–Crippen LogP) is 4.94. The number of carboxylic acid groups (broad SMARTS) is 1. The molecule has 0 spiro atoms. The SMILES string of the molecule is Cc1cc(C(C)(C)C)c2oc(C(=O)O)c(CC(C)C)c2c1. The van der Waals surface area contributed by atoms with Crippen molar-refractivity contribution in [2.24, 2.45) is 5.92 Å². The van der Waals surface area contributed by atoms with Crippen molar-refractivity contribution in [2.45, 2.75) is 53.4 Å². The maximum Gasteiger partial charge on any atom is 0.372 e. The molecule has 0 fully saturated rings. The molecule has 1 aromatic carbocycles. The zero-order chi connectivity index (χ0) is 15.9. The predicted molar refractivity (Wildman–Crippen MR) is 85.2 cm³/mol. The Morgan fingerprint density at radius 2 is 1.90 bits per heavy atom. The van der Waals surface area contributed by atoms with Gasteiger partial charge >= 0.3 is 5.97 Å². The highest BCUT2D eigenvalue weighted by atomic mass is 16.4. The summed E-state index contributed by atoms with van der Waals surface area (Å²) in [5.41, 5.74) is 3.65. The summed E-state index contributed by atoms with van der Waals surface area (Å²) in [7, 11) is 0. The molecule has 1 N–H and O–H groups in total. The van der Waals surface area contributed by atoms with Gasteiger partial charge in [0.1, 0.15) is 5.58 Å². The van der Waals surface area contributed by atoms with Gasteiger partial charge in [-0.2, -0.15) is 0 Å². The Bertz CT molecular complexity index is 685. The van der Waals surface area contributed by atoms with E-state index in [0.29, 0.717) is 12.3 Å². The summed E-state index contributed by atoms with van der Waals surface area (Å²) in [4.78, 5) is 11.5. The summed E-state index contributed by atoms with van der Waals surface area (Å²) in [6.45, 7) is 12.6. The third-order valence-corrected chi connectivity index (χ3v) is 3.65. The van der Waals surface area contributed by atoms with Crippen LogP contribution in [0, 0.1) is 12.8 Å². The van der Waals surface area contributed by atoms with Gasteiger partial charge in [-0.05, 0) is 36.3 Å². The molecular formula is C18H24O3. The molecule has 0 saturated heterocycles. The molecule has 2 rings (SSSR count). The number of hydrogen-bond donors (Lipinski definition) is 1. The summed E-state index contributed by atoms with van der Waals surface area (Å²) in [6.07, 6.45) is 0.710. The fourth-order valence-corrected chi connectivity index (χ4v) is 2.73. The van der Waals surface area contributed by atoms with Crippen molar-refractivity contribution in [1.82, 2.24) is 0 Å². The molecule has 0 aliphatic rings. The average Bonchev–Trinajstić information content (AvgIpc) is 2.65. The molecule has 0 bridgehead atoms. The Labute approximate surface area is 126 Å². The number of hydrogen-bond acceptors (Lipinski definition) is 2. The molecule has 2 aromatic rings. The molecule has 0 aliphatic heterocycles. The van der Waals surface area contributed by atoms with E-state index in [1.54, 1.807) is 0 Å². The Kier molecular flexibility index (Phi) is 3.87. The summed E-state index contributed by atoms with van der Waals surface area (Å²) in [5.74, 6) is -0.517.